The highest BCUT2D eigenvalue weighted by Crippen LogP contribution is 2.39. The molecule has 0 aliphatic carbocycles. The molecule has 0 aliphatic rings. The number of hydrogen-bond donors (Lipinski definition) is 0. The summed E-state index contributed by atoms with van der Waals surface area (Å²) in [7, 11) is 0. The van der Waals surface area contributed by atoms with Crippen molar-refractivity contribution in [3.63, 3.8) is 0 Å². The van der Waals surface area contributed by atoms with Crippen LogP contribution in [-0.4, -0.2) is 6.26 Å². The standard InChI is InChI=1S/C8H5BrClF3S/c1-14-6-3-4(8(11,12)13)2-5(10)7(6)9/h2-3H,1H3. The topological polar surface area (TPSA) is 0 Å². The Kier molecular flexibility index (Phi) is 3.77. The lowest BCUT2D eigenvalue weighted by molar-refractivity contribution is -0.137. The molecule has 0 N–H and O–H groups in total. The van der Waals surface area contributed by atoms with Crippen molar-refractivity contribution in [2.75, 3.05) is 6.26 Å². The van der Waals surface area contributed by atoms with Crippen LogP contribution in [0.1, 0.15) is 5.56 Å². The van der Waals surface area contributed by atoms with Gasteiger partial charge in [0.05, 0.1) is 10.6 Å². The van der Waals surface area contributed by atoms with Crippen LogP contribution in [0.15, 0.2) is 21.5 Å². The molecular formula is C8H5BrClF3S. The fourth-order valence-corrected chi connectivity index (χ4v) is 2.40. The summed E-state index contributed by atoms with van der Waals surface area (Å²) in [6.07, 6.45) is -2.66. The Morgan fingerprint density at radius 1 is 1.36 bits per heavy atom. The average Bonchev–Trinajstić information content (AvgIpc) is 2.07. The first kappa shape index (κ1) is 12.2. The molecule has 0 atom stereocenters. The molecule has 1 aromatic carbocycles. The molecule has 0 saturated heterocycles. The molecule has 0 aromatic heterocycles. The van der Waals surface area contributed by atoms with E-state index in [9.17, 15) is 13.2 Å². The number of halogens is 5. The van der Waals surface area contributed by atoms with E-state index in [4.69, 9.17) is 11.6 Å². The number of alkyl halides is 3. The van der Waals surface area contributed by atoms with Crippen LogP contribution in [0.5, 0.6) is 0 Å². The molecule has 0 saturated carbocycles. The number of hydrogen-bond acceptors (Lipinski definition) is 1. The lowest BCUT2D eigenvalue weighted by Crippen LogP contribution is -2.05. The van der Waals surface area contributed by atoms with Gasteiger partial charge in [0, 0.05) is 9.37 Å². The first-order valence-electron chi connectivity index (χ1n) is 3.46. The van der Waals surface area contributed by atoms with Crippen LogP contribution in [0.2, 0.25) is 5.02 Å². The normalized spacial score (nSPS) is 11.9. The third-order valence-electron chi connectivity index (χ3n) is 1.54. The van der Waals surface area contributed by atoms with Crippen molar-refractivity contribution in [2.45, 2.75) is 11.1 Å². The van der Waals surface area contributed by atoms with Gasteiger partial charge in [-0.15, -0.1) is 11.8 Å². The lowest BCUT2D eigenvalue weighted by Gasteiger charge is -2.10. The van der Waals surface area contributed by atoms with E-state index in [1.165, 1.54) is 11.8 Å². The zero-order valence-corrected chi connectivity index (χ0v) is 10.1. The molecule has 6 heteroatoms. The van der Waals surface area contributed by atoms with Crippen molar-refractivity contribution in [1.82, 2.24) is 0 Å². The van der Waals surface area contributed by atoms with Gasteiger partial charge in [-0.25, -0.2) is 0 Å². The van der Waals surface area contributed by atoms with Gasteiger partial charge in [-0.3, -0.25) is 0 Å². The van der Waals surface area contributed by atoms with E-state index < -0.39 is 11.7 Å². The van der Waals surface area contributed by atoms with Crippen molar-refractivity contribution in [1.29, 1.82) is 0 Å². The smallest absolute Gasteiger partial charge is 0.166 e. The van der Waals surface area contributed by atoms with E-state index in [2.05, 4.69) is 15.9 Å². The van der Waals surface area contributed by atoms with E-state index in [0.29, 0.717) is 9.37 Å². The maximum absolute atomic E-state index is 12.3. The van der Waals surface area contributed by atoms with Crippen LogP contribution < -0.4 is 0 Å². The minimum absolute atomic E-state index is 0.0733. The Labute approximate surface area is 97.0 Å². The van der Waals surface area contributed by atoms with Crippen molar-refractivity contribution < 1.29 is 13.2 Å². The van der Waals surface area contributed by atoms with Gasteiger partial charge in [0.15, 0.2) is 0 Å². The second-order valence-corrected chi connectivity index (χ2v) is 4.52. The third-order valence-corrected chi connectivity index (χ3v) is 3.95. The molecule has 1 rings (SSSR count). The maximum Gasteiger partial charge on any atom is 0.416 e. The zero-order chi connectivity index (χ0) is 10.9. The van der Waals surface area contributed by atoms with E-state index in [1.807, 2.05) is 0 Å². The van der Waals surface area contributed by atoms with Crippen molar-refractivity contribution in [3.8, 4) is 0 Å². The van der Waals surface area contributed by atoms with Gasteiger partial charge in [0.2, 0.25) is 0 Å². The zero-order valence-electron chi connectivity index (χ0n) is 6.95. The summed E-state index contributed by atoms with van der Waals surface area (Å²) in [6, 6.07) is 1.98. The lowest BCUT2D eigenvalue weighted by atomic mass is 10.2. The Morgan fingerprint density at radius 2 is 1.93 bits per heavy atom. The van der Waals surface area contributed by atoms with Crippen molar-refractivity contribution in [2.24, 2.45) is 0 Å². The summed E-state index contributed by atoms with van der Waals surface area (Å²) in [6.45, 7) is 0. The first-order valence-corrected chi connectivity index (χ1v) is 5.86. The molecule has 0 unspecified atom stereocenters. The van der Waals surface area contributed by atoms with Gasteiger partial charge in [-0.1, -0.05) is 11.6 Å². The minimum Gasteiger partial charge on any atom is -0.166 e. The summed E-state index contributed by atoms with van der Waals surface area (Å²) in [5.41, 5.74) is -0.727. The van der Waals surface area contributed by atoms with Crippen LogP contribution >= 0.6 is 39.3 Å². The minimum atomic E-state index is -4.35. The van der Waals surface area contributed by atoms with E-state index >= 15 is 0 Å². The monoisotopic (exact) mass is 304 g/mol. The van der Waals surface area contributed by atoms with Crippen LogP contribution in [-0.2, 0) is 6.18 Å². The van der Waals surface area contributed by atoms with E-state index in [0.717, 1.165) is 12.1 Å². The first-order chi connectivity index (χ1) is 6.36. The molecule has 14 heavy (non-hydrogen) atoms. The van der Waals surface area contributed by atoms with Gasteiger partial charge < -0.3 is 0 Å². The Balaban J connectivity index is 3.30. The molecule has 0 bridgehead atoms. The predicted octanol–water partition coefficient (Wildman–Crippen LogP) is 4.84. The summed E-state index contributed by atoms with van der Waals surface area (Å²) in [5.74, 6) is 0. The highest BCUT2D eigenvalue weighted by Gasteiger charge is 2.31. The van der Waals surface area contributed by atoms with Crippen LogP contribution in [0, 0.1) is 0 Å². The molecule has 1 aromatic rings. The fourth-order valence-electron chi connectivity index (χ4n) is 0.876. The van der Waals surface area contributed by atoms with Gasteiger partial charge in [0.1, 0.15) is 0 Å². The average molecular weight is 306 g/mol. The Bertz CT molecular complexity index is 351. The summed E-state index contributed by atoms with van der Waals surface area (Å²) in [5, 5.41) is 0.0733. The molecule has 0 amide bonds. The quantitative estimate of drug-likeness (QED) is 0.669. The molecule has 0 aliphatic heterocycles. The molecule has 0 radical (unpaired) electrons. The molecule has 0 nitrogen and oxygen atoms in total. The number of rotatable bonds is 1. The van der Waals surface area contributed by atoms with Crippen LogP contribution in [0.25, 0.3) is 0 Å². The highest BCUT2D eigenvalue weighted by molar-refractivity contribution is 9.10. The summed E-state index contributed by atoms with van der Waals surface area (Å²) >= 11 is 9.97. The molecule has 0 spiro atoms. The predicted molar refractivity (Wildman–Crippen MR) is 55.9 cm³/mol. The molecule has 78 valence electrons. The number of benzene rings is 1. The van der Waals surface area contributed by atoms with Gasteiger partial charge in [0.25, 0.3) is 0 Å². The van der Waals surface area contributed by atoms with E-state index in [1.54, 1.807) is 6.26 Å². The number of thioether (sulfide) groups is 1. The molecule has 0 fully saturated rings. The largest absolute Gasteiger partial charge is 0.416 e. The highest BCUT2D eigenvalue weighted by atomic mass is 79.9. The summed E-state index contributed by atoms with van der Waals surface area (Å²) < 4.78 is 37.5. The second kappa shape index (κ2) is 4.33. The molecular weight excluding hydrogens is 301 g/mol. The van der Waals surface area contributed by atoms with Crippen LogP contribution in [0.3, 0.4) is 0 Å². The summed E-state index contributed by atoms with van der Waals surface area (Å²) in [4.78, 5) is 0.477. The fraction of sp³-hybridized carbons (Fsp3) is 0.250. The SMILES string of the molecule is CSc1cc(C(F)(F)F)cc(Cl)c1Br. The van der Waals surface area contributed by atoms with Gasteiger partial charge in [-0.05, 0) is 34.3 Å². The Morgan fingerprint density at radius 3 is 2.36 bits per heavy atom. The van der Waals surface area contributed by atoms with Crippen LogP contribution in [0.4, 0.5) is 13.2 Å². The van der Waals surface area contributed by atoms with Crippen molar-refractivity contribution >= 4 is 39.3 Å². The van der Waals surface area contributed by atoms with Gasteiger partial charge in [-0.2, -0.15) is 13.2 Å². The maximum atomic E-state index is 12.3. The van der Waals surface area contributed by atoms with E-state index in [-0.39, 0.29) is 5.02 Å². The third kappa shape index (κ3) is 2.58. The molecule has 0 heterocycles. The van der Waals surface area contributed by atoms with Gasteiger partial charge >= 0.3 is 6.18 Å². The Hall–Kier alpha value is 0.130. The van der Waals surface area contributed by atoms with Crippen molar-refractivity contribution in [3.05, 3.63) is 27.2 Å². The second-order valence-electron chi connectivity index (χ2n) is 2.47.